The van der Waals surface area contributed by atoms with Crippen molar-refractivity contribution >= 4 is 17.4 Å². The molecule has 7 heteroatoms. The van der Waals surface area contributed by atoms with Crippen LogP contribution in [-0.2, 0) is 14.3 Å². The second-order valence-electron chi connectivity index (χ2n) is 8.05. The minimum absolute atomic E-state index is 0.119. The molecule has 2 aliphatic rings. The average molecular weight is 421 g/mol. The fourth-order valence-electron chi connectivity index (χ4n) is 4.20. The highest BCUT2D eigenvalue weighted by molar-refractivity contribution is 6.46. The van der Waals surface area contributed by atoms with Gasteiger partial charge in [-0.05, 0) is 37.1 Å². The fraction of sp³-hybridized carbons (Fsp3) is 0.375. The zero-order valence-corrected chi connectivity index (χ0v) is 17.9. The summed E-state index contributed by atoms with van der Waals surface area (Å²) in [6.45, 7) is 7.74. The van der Waals surface area contributed by atoms with Crippen LogP contribution in [0.1, 0.15) is 28.3 Å². The van der Waals surface area contributed by atoms with Gasteiger partial charge in [-0.2, -0.15) is 0 Å². The molecule has 1 aromatic heterocycles. The zero-order valence-electron chi connectivity index (χ0n) is 17.9. The standard InChI is InChI=1S/C24H27N3O4/c1-16-5-6-17(2)19(14-16)22(28)20-21(18-4-3-7-25-15-18)27(24(30)23(20)29)9-8-26-10-12-31-13-11-26/h3-7,14-15,21,28H,8-13H2,1-2H3/b22-20+. The van der Waals surface area contributed by atoms with Gasteiger partial charge >= 0.3 is 0 Å². The summed E-state index contributed by atoms with van der Waals surface area (Å²) in [5.41, 5.74) is 3.20. The molecule has 4 rings (SSSR count). The van der Waals surface area contributed by atoms with Gasteiger partial charge in [0.25, 0.3) is 11.7 Å². The number of pyridine rings is 1. The van der Waals surface area contributed by atoms with Crippen LogP contribution in [0.25, 0.3) is 5.76 Å². The number of aromatic nitrogens is 1. The summed E-state index contributed by atoms with van der Waals surface area (Å²) in [6, 6.07) is 8.63. The Morgan fingerprint density at radius 3 is 2.65 bits per heavy atom. The Hall–Kier alpha value is -3.03. The number of likely N-dealkylation sites (tertiary alicyclic amines) is 1. The predicted octanol–water partition coefficient (Wildman–Crippen LogP) is 2.45. The van der Waals surface area contributed by atoms with Crippen LogP contribution < -0.4 is 0 Å². The highest BCUT2D eigenvalue weighted by Gasteiger charge is 2.46. The minimum atomic E-state index is -0.672. The van der Waals surface area contributed by atoms with E-state index in [0.717, 1.165) is 24.2 Å². The van der Waals surface area contributed by atoms with Crippen LogP contribution in [0.4, 0.5) is 0 Å². The van der Waals surface area contributed by atoms with E-state index in [1.165, 1.54) is 0 Å². The maximum absolute atomic E-state index is 13.1. The first-order valence-corrected chi connectivity index (χ1v) is 10.5. The molecule has 162 valence electrons. The molecule has 2 fully saturated rings. The van der Waals surface area contributed by atoms with E-state index in [2.05, 4.69) is 9.88 Å². The molecule has 1 aromatic carbocycles. The Morgan fingerprint density at radius 1 is 1.16 bits per heavy atom. The van der Waals surface area contributed by atoms with Gasteiger partial charge in [-0.25, -0.2) is 0 Å². The molecule has 7 nitrogen and oxygen atoms in total. The monoisotopic (exact) mass is 421 g/mol. The number of hydrogen-bond donors (Lipinski definition) is 1. The molecule has 2 aliphatic heterocycles. The van der Waals surface area contributed by atoms with Crippen LogP contribution >= 0.6 is 0 Å². The third-order valence-electron chi connectivity index (χ3n) is 5.95. The van der Waals surface area contributed by atoms with E-state index in [1.54, 1.807) is 23.4 Å². The number of benzene rings is 1. The Bertz CT molecular complexity index is 1010. The Kier molecular flexibility index (Phi) is 6.15. The van der Waals surface area contributed by atoms with Crippen molar-refractivity contribution in [1.82, 2.24) is 14.8 Å². The van der Waals surface area contributed by atoms with Gasteiger partial charge in [0.05, 0.1) is 24.8 Å². The number of hydrogen-bond acceptors (Lipinski definition) is 6. The Labute approximate surface area is 182 Å². The number of aryl methyl sites for hydroxylation is 2. The number of aliphatic hydroxyl groups is 1. The molecule has 0 radical (unpaired) electrons. The quantitative estimate of drug-likeness (QED) is 0.454. The minimum Gasteiger partial charge on any atom is -0.507 e. The van der Waals surface area contributed by atoms with Crippen LogP contribution in [-0.4, -0.2) is 71.0 Å². The van der Waals surface area contributed by atoms with E-state index < -0.39 is 17.7 Å². The van der Waals surface area contributed by atoms with Crippen LogP contribution in [0.2, 0.25) is 0 Å². The number of aliphatic hydroxyl groups excluding tert-OH is 1. The summed E-state index contributed by atoms with van der Waals surface area (Å²) in [4.78, 5) is 34.1. The molecule has 31 heavy (non-hydrogen) atoms. The molecule has 2 saturated heterocycles. The molecular weight excluding hydrogens is 394 g/mol. The van der Waals surface area contributed by atoms with Gasteiger partial charge in [0.2, 0.25) is 0 Å². The van der Waals surface area contributed by atoms with Gasteiger partial charge in [0.1, 0.15) is 5.76 Å². The number of ether oxygens (including phenoxy) is 1. The first-order chi connectivity index (χ1) is 15.0. The Morgan fingerprint density at radius 2 is 1.94 bits per heavy atom. The van der Waals surface area contributed by atoms with E-state index >= 15 is 0 Å². The van der Waals surface area contributed by atoms with Crippen molar-refractivity contribution in [3.8, 4) is 0 Å². The highest BCUT2D eigenvalue weighted by atomic mass is 16.5. The molecule has 1 atom stereocenters. The van der Waals surface area contributed by atoms with E-state index in [0.29, 0.717) is 37.4 Å². The molecule has 3 heterocycles. The summed E-state index contributed by atoms with van der Waals surface area (Å²) < 4.78 is 5.39. The zero-order chi connectivity index (χ0) is 22.0. The highest BCUT2D eigenvalue weighted by Crippen LogP contribution is 2.39. The maximum atomic E-state index is 13.1. The first kappa shape index (κ1) is 21.2. The number of rotatable bonds is 5. The maximum Gasteiger partial charge on any atom is 0.295 e. The van der Waals surface area contributed by atoms with Crippen molar-refractivity contribution in [3.63, 3.8) is 0 Å². The van der Waals surface area contributed by atoms with Gasteiger partial charge in [-0.1, -0.05) is 23.8 Å². The number of carbonyl (C=O) groups excluding carboxylic acids is 2. The predicted molar refractivity (Wildman–Crippen MR) is 116 cm³/mol. The van der Waals surface area contributed by atoms with E-state index in [9.17, 15) is 14.7 Å². The van der Waals surface area contributed by atoms with E-state index in [1.807, 2.05) is 38.1 Å². The normalized spacial score (nSPS) is 21.6. The van der Waals surface area contributed by atoms with Crippen LogP contribution in [0, 0.1) is 13.8 Å². The van der Waals surface area contributed by atoms with E-state index in [4.69, 9.17) is 4.74 Å². The van der Waals surface area contributed by atoms with Crippen LogP contribution in [0.5, 0.6) is 0 Å². The van der Waals surface area contributed by atoms with Gasteiger partial charge in [0, 0.05) is 44.1 Å². The van der Waals surface area contributed by atoms with Gasteiger partial charge in [-0.3, -0.25) is 19.5 Å². The SMILES string of the molecule is Cc1ccc(C)c(/C(O)=C2\C(=O)C(=O)N(CCN3CCOCC3)C2c2cccnc2)c1. The number of morpholine rings is 1. The topological polar surface area (TPSA) is 83.0 Å². The molecule has 0 aliphatic carbocycles. The van der Waals surface area contributed by atoms with Gasteiger partial charge < -0.3 is 14.7 Å². The molecule has 1 amide bonds. The summed E-state index contributed by atoms with van der Waals surface area (Å²) in [5.74, 6) is -1.38. The van der Waals surface area contributed by atoms with Crippen molar-refractivity contribution in [1.29, 1.82) is 0 Å². The summed E-state index contributed by atoms with van der Waals surface area (Å²) >= 11 is 0. The smallest absolute Gasteiger partial charge is 0.295 e. The van der Waals surface area contributed by atoms with Crippen molar-refractivity contribution < 1.29 is 19.4 Å². The average Bonchev–Trinajstić information content (AvgIpc) is 3.05. The number of ketones is 1. The first-order valence-electron chi connectivity index (χ1n) is 10.5. The van der Waals surface area contributed by atoms with Crippen molar-refractivity contribution in [2.45, 2.75) is 19.9 Å². The van der Waals surface area contributed by atoms with Gasteiger partial charge in [-0.15, -0.1) is 0 Å². The summed E-state index contributed by atoms with van der Waals surface area (Å²) in [7, 11) is 0. The molecule has 0 saturated carbocycles. The van der Waals surface area contributed by atoms with Crippen LogP contribution in [0.3, 0.4) is 0 Å². The lowest BCUT2D eigenvalue weighted by Gasteiger charge is -2.30. The molecule has 1 unspecified atom stereocenters. The number of Topliss-reactive ketones (excluding diaryl/α,β-unsaturated/α-hetero) is 1. The second-order valence-corrected chi connectivity index (χ2v) is 8.05. The van der Waals surface area contributed by atoms with E-state index in [-0.39, 0.29) is 11.3 Å². The third kappa shape index (κ3) is 4.24. The number of nitrogens with zero attached hydrogens (tertiary/aromatic N) is 3. The molecule has 1 N–H and O–H groups in total. The molecule has 2 aromatic rings. The van der Waals surface area contributed by atoms with Crippen molar-refractivity contribution in [3.05, 3.63) is 70.6 Å². The number of amides is 1. The van der Waals surface area contributed by atoms with Crippen molar-refractivity contribution in [2.24, 2.45) is 0 Å². The fourth-order valence-corrected chi connectivity index (χ4v) is 4.20. The molecule has 0 bridgehead atoms. The second kappa shape index (κ2) is 8.99. The lowest BCUT2D eigenvalue weighted by atomic mass is 9.94. The largest absolute Gasteiger partial charge is 0.507 e. The van der Waals surface area contributed by atoms with Gasteiger partial charge in [0.15, 0.2) is 0 Å². The molecule has 0 spiro atoms. The van der Waals surface area contributed by atoms with Crippen LogP contribution in [0.15, 0.2) is 48.3 Å². The summed E-state index contributed by atoms with van der Waals surface area (Å²) in [6.07, 6.45) is 3.29. The molecular formula is C24H27N3O4. The van der Waals surface area contributed by atoms with Crippen molar-refractivity contribution in [2.75, 3.05) is 39.4 Å². The lowest BCUT2D eigenvalue weighted by Crippen LogP contribution is -2.42. The third-order valence-corrected chi connectivity index (χ3v) is 5.95. The Balaban J connectivity index is 1.75. The summed E-state index contributed by atoms with van der Waals surface area (Å²) in [5, 5.41) is 11.2. The lowest BCUT2D eigenvalue weighted by molar-refractivity contribution is -0.140. The number of carbonyl (C=O) groups is 2.